The van der Waals surface area contributed by atoms with Gasteiger partial charge in [-0.05, 0) is 18.6 Å². The van der Waals surface area contributed by atoms with Crippen LogP contribution in [0.3, 0.4) is 0 Å². The van der Waals surface area contributed by atoms with E-state index in [-0.39, 0.29) is 37.6 Å². The third kappa shape index (κ3) is 2.91. The van der Waals surface area contributed by atoms with Gasteiger partial charge in [-0.25, -0.2) is 8.42 Å². The highest BCUT2D eigenvalue weighted by Crippen LogP contribution is 2.46. The first kappa shape index (κ1) is 18.3. The highest BCUT2D eigenvalue weighted by Gasteiger charge is 2.65. The van der Waals surface area contributed by atoms with Crippen molar-refractivity contribution in [3.05, 3.63) is 30.1 Å². The molecule has 2 amide bonds. The first-order valence-corrected chi connectivity index (χ1v) is 10.3. The Morgan fingerprint density at radius 1 is 1.37 bits per heavy atom. The van der Waals surface area contributed by atoms with Crippen LogP contribution in [-0.4, -0.2) is 96.6 Å². The van der Waals surface area contributed by atoms with Gasteiger partial charge in [0.2, 0.25) is 15.9 Å². The second kappa shape index (κ2) is 6.25. The van der Waals surface area contributed by atoms with Crippen molar-refractivity contribution < 1.29 is 22.7 Å². The number of carbonyl (C=O) groups excluding carboxylic acids is 2. The Kier molecular flexibility index (Phi) is 4.24. The number of nitrogens with zero attached hydrogens (tertiary/aromatic N) is 4. The van der Waals surface area contributed by atoms with Gasteiger partial charge in [-0.3, -0.25) is 14.6 Å². The molecular formula is C17H22N4O5S. The molecule has 3 saturated heterocycles. The van der Waals surface area contributed by atoms with Crippen LogP contribution in [0.2, 0.25) is 0 Å². The lowest BCUT2D eigenvalue weighted by molar-refractivity contribution is -0.130. The zero-order valence-electron chi connectivity index (χ0n) is 15.2. The second-order valence-electron chi connectivity index (χ2n) is 7.56. The lowest BCUT2D eigenvalue weighted by atomic mass is 9.99. The fourth-order valence-corrected chi connectivity index (χ4v) is 6.46. The summed E-state index contributed by atoms with van der Waals surface area (Å²) in [5.41, 5.74) is -0.515. The number of hydrogen-bond acceptors (Lipinski definition) is 6. The number of pyridine rings is 1. The third-order valence-electron chi connectivity index (χ3n) is 5.52. The molecule has 1 aromatic rings. The minimum Gasteiger partial charge on any atom is -0.365 e. The zero-order chi connectivity index (χ0) is 19.4. The maximum atomic E-state index is 13.0. The monoisotopic (exact) mass is 394 g/mol. The number of morpholine rings is 1. The number of ether oxygens (including phenoxy) is 1. The van der Waals surface area contributed by atoms with Crippen LogP contribution >= 0.6 is 0 Å². The van der Waals surface area contributed by atoms with Gasteiger partial charge in [0.15, 0.2) is 0 Å². The Morgan fingerprint density at radius 2 is 2.15 bits per heavy atom. The SMILES string of the molecule is CN(C)C(=O)CN1C[C@@]23CN(C(=O)c4cccnc4)C[C@@H](C[C@@H]2S1(=O)=O)O3. The van der Waals surface area contributed by atoms with Gasteiger partial charge < -0.3 is 14.5 Å². The molecule has 4 rings (SSSR count). The Labute approximate surface area is 157 Å². The van der Waals surface area contributed by atoms with E-state index in [0.717, 1.165) is 0 Å². The van der Waals surface area contributed by atoms with Crippen molar-refractivity contribution in [2.75, 3.05) is 40.3 Å². The zero-order valence-corrected chi connectivity index (χ0v) is 16.1. The largest absolute Gasteiger partial charge is 0.365 e. The summed E-state index contributed by atoms with van der Waals surface area (Å²) in [6.45, 7) is 0.428. The summed E-state index contributed by atoms with van der Waals surface area (Å²) < 4.78 is 33.2. The van der Waals surface area contributed by atoms with Gasteiger partial charge in [0.25, 0.3) is 5.91 Å². The average molecular weight is 394 g/mol. The molecule has 27 heavy (non-hydrogen) atoms. The predicted molar refractivity (Wildman–Crippen MR) is 95.3 cm³/mol. The number of fused-ring (bicyclic) bond motifs is 1. The van der Waals surface area contributed by atoms with Crippen molar-refractivity contribution in [1.82, 2.24) is 19.1 Å². The summed E-state index contributed by atoms with van der Waals surface area (Å²) in [5, 5.41) is -0.725. The van der Waals surface area contributed by atoms with Crippen LogP contribution in [0.1, 0.15) is 16.8 Å². The predicted octanol–water partition coefficient (Wildman–Crippen LogP) is -0.833. The van der Waals surface area contributed by atoms with Gasteiger partial charge in [0.1, 0.15) is 10.9 Å². The molecule has 3 aliphatic heterocycles. The van der Waals surface area contributed by atoms with Crippen LogP contribution in [0.5, 0.6) is 0 Å². The van der Waals surface area contributed by atoms with Crippen LogP contribution < -0.4 is 0 Å². The Bertz CT molecular complexity index is 875. The molecule has 0 N–H and O–H groups in total. The van der Waals surface area contributed by atoms with Gasteiger partial charge in [-0.15, -0.1) is 0 Å². The van der Waals surface area contributed by atoms with Crippen LogP contribution in [0, 0.1) is 0 Å². The molecule has 0 unspecified atom stereocenters. The number of sulfonamides is 1. The average Bonchev–Trinajstić information content (AvgIpc) is 3.00. The normalized spacial score (nSPS) is 31.6. The fourth-order valence-electron chi connectivity index (χ4n) is 4.21. The molecule has 1 aromatic heterocycles. The second-order valence-corrected chi connectivity index (χ2v) is 9.67. The van der Waals surface area contributed by atoms with E-state index in [1.54, 1.807) is 37.3 Å². The highest BCUT2D eigenvalue weighted by molar-refractivity contribution is 7.90. The standard InChI is InChI=1S/C17H22N4O5S/c1-19(2)15(22)9-21-11-17-10-20(16(23)12-4-3-5-18-7-12)8-13(26-17)6-14(17)27(21,24)25/h3-5,7,13-14H,6,8-11H2,1-2H3/t13-,14+,17+/m1/s1. The van der Waals surface area contributed by atoms with Gasteiger partial charge in [-0.2, -0.15) is 4.31 Å². The van der Waals surface area contributed by atoms with Crippen LogP contribution in [0.15, 0.2) is 24.5 Å². The Morgan fingerprint density at radius 3 is 2.81 bits per heavy atom. The molecule has 10 heteroatoms. The maximum absolute atomic E-state index is 13.0. The molecule has 1 spiro atoms. The number of hydrogen-bond donors (Lipinski definition) is 0. The summed E-state index contributed by atoms with van der Waals surface area (Å²) in [5.74, 6) is -0.470. The fraction of sp³-hybridized carbons (Fsp3) is 0.588. The molecule has 9 nitrogen and oxygen atoms in total. The quantitative estimate of drug-likeness (QED) is 0.663. The molecule has 3 aliphatic rings. The molecular weight excluding hydrogens is 372 g/mol. The van der Waals surface area contributed by atoms with E-state index in [1.165, 1.54) is 15.4 Å². The number of rotatable bonds is 3. The lowest BCUT2D eigenvalue weighted by Gasteiger charge is -2.39. The summed E-state index contributed by atoms with van der Waals surface area (Å²) in [4.78, 5) is 31.9. The van der Waals surface area contributed by atoms with Crippen LogP contribution in [0.25, 0.3) is 0 Å². The molecule has 3 atom stereocenters. The number of likely N-dealkylation sites (N-methyl/N-ethyl adjacent to an activating group) is 1. The van der Waals surface area contributed by atoms with Crippen molar-refractivity contribution in [3.8, 4) is 0 Å². The van der Waals surface area contributed by atoms with Gasteiger partial charge in [0.05, 0.1) is 24.8 Å². The van der Waals surface area contributed by atoms with Crippen LogP contribution in [0.4, 0.5) is 0 Å². The van der Waals surface area contributed by atoms with E-state index < -0.39 is 20.9 Å². The number of amides is 2. The van der Waals surface area contributed by atoms with E-state index in [4.69, 9.17) is 4.74 Å². The van der Waals surface area contributed by atoms with E-state index in [2.05, 4.69) is 4.98 Å². The van der Waals surface area contributed by atoms with Crippen molar-refractivity contribution in [2.45, 2.75) is 23.4 Å². The Balaban J connectivity index is 1.59. The number of aromatic nitrogens is 1. The number of carbonyl (C=O) groups is 2. The third-order valence-corrected chi connectivity index (χ3v) is 7.84. The molecule has 3 fully saturated rings. The minimum atomic E-state index is -3.66. The molecule has 0 saturated carbocycles. The van der Waals surface area contributed by atoms with E-state index in [0.29, 0.717) is 18.5 Å². The van der Waals surface area contributed by atoms with Crippen molar-refractivity contribution in [2.24, 2.45) is 0 Å². The summed E-state index contributed by atoms with van der Waals surface area (Å²) in [6.07, 6.45) is 3.12. The molecule has 0 radical (unpaired) electrons. The van der Waals surface area contributed by atoms with Crippen molar-refractivity contribution in [1.29, 1.82) is 0 Å². The van der Waals surface area contributed by atoms with E-state index in [9.17, 15) is 18.0 Å². The molecule has 0 aliphatic carbocycles. The Hall–Kier alpha value is -2.04. The van der Waals surface area contributed by atoms with Crippen LogP contribution in [-0.2, 0) is 19.6 Å². The smallest absolute Gasteiger partial charge is 0.255 e. The summed E-state index contributed by atoms with van der Waals surface area (Å²) in [7, 11) is -0.482. The molecule has 146 valence electrons. The van der Waals surface area contributed by atoms with E-state index >= 15 is 0 Å². The van der Waals surface area contributed by atoms with E-state index in [1.807, 2.05) is 0 Å². The highest BCUT2D eigenvalue weighted by atomic mass is 32.2. The lowest BCUT2D eigenvalue weighted by Crippen LogP contribution is -2.56. The molecule has 2 bridgehead atoms. The van der Waals surface area contributed by atoms with Crippen molar-refractivity contribution in [3.63, 3.8) is 0 Å². The maximum Gasteiger partial charge on any atom is 0.255 e. The van der Waals surface area contributed by atoms with Gasteiger partial charge in [-0.1, -0.05) is 0 Å². The summed E-state index contributed by atoms with van der Waals surface area (Å²) in [6, 6.07) is 3.38. The topological polar surface area (TPSA) is 100 Å². The number of likely N-dealkylation sites (tertiary alicyclic amines) is 1. The minimum absolute atomic E-state index is 0.0902. The van der Waals surface area contributed by atoms with Crippen molar-refractivity contribution >= 4 is 21.8 Å². The first-order chi connectivity index (χ1) is 12.7. The first-order valence-electron chi connectivity index (χ1n) is 8.79. The summed E-state index contributed by atoms with van der Waals surface area (Å²) >= 11 is 0. The molecule has 0 aromatic carbocycles. The van der Waals surface area contributed by atoms with Gasteiger partial charge in [0, 0.05) is 39.6 Å². The van der Waals surface area contributed by atoms with Gasteiger partial charge >= 0.3 is 0 Å². The molecule has 4 heterocycles.